The van der Waals surface area contributed by atoms with E-state index >= 15 is 0 Å². The second-order valence-corrected chi connectivity index (χ2v) is 5.13. The van der Waals surface area contributed by atoms with Crippen LogP contribution in [0.3, 0.4) is 0 Å². The van der Waals surface area contributed by atoms with Crippen molar-refractivity contribution >= 4 is 53.1 Å². The lowest BCUT2D eigenvalue weighted by molar-refractivity contribution is -0.114. The van der Waals surface area contributed by atoms with Crippen LogP contribution in [0, 0.1) is 0 Å². The van der Waals surface area contributed by atoms with Crippen LogP contribution in [0.2, 0.25) is 0 Å². The Morgan fingerprint density at radius 1 is 1.50 bits per heavy atom. The number of thiazole rings is 1. The number of nitrogens with one attached hydrogen (secondary N) is 2. The molecule has 1 aliphatic rings. The van der Waals surface area contributed by atoms with Crippen molar-refractivity contribution < 1.29 is 9.59 Å². The first-order valence-electron chi connectivity index (χ1n) is 5.82. The van der Waals surface area contributed by atoms with Crippen molar-refractivity contribution in [2.45, 2.75) is 19.9 Å². The number of aromatic nitrogens is 1. The van der Waals surface area contributed by atoms with Gasteiger partial charge in [-0.2, -0.15) is 0 Å². The zero-order valence-corrected chi connectivity index (χ0v) is 13.7. The molecule has 6 nitrogen and oxygen atoms in total. The van der Waals surface area contributed by atoms with Gasteiger partial charge in [0.25, 0.3) is 5.91 Å². The SMILES string of the molecule is CC(=O)Nc1nc(C(=O)N2CCNCC2C)cs1.Cl.Cl. The lowest BCUT2D eigenvalue weighted by Crippen LogP contribution is -2.52. The molecular weight excluding hydrogens is 323 g/mol. The molecule has 1 aliphatic heterocycles. The van der Waals surface area contributed by atoms with Gasteiger partial charge in [-0.1, -0.05) is 0 Å². The van der Waals surface area contributed by atoms with Crippen LogP contribution < -0.4 is 10.6 Å². The fourth-order valence-corrected chi connectivity index (χ4v) is 2.60. The normalized spacial score (nSPS) is 17.7. The van der Waals surface area contributed by atoms with E-state index in [1.807, 2.05) is 11.8 Å². The molecular formula is C11H18Cl2N4O2S. The molecule has 2 heterocycles. The quantitative estimate of drug-likeness (QED) is 0.852. The molecule has 0 bridgehead atoms. The molecule has 114 valence electrons. The molecule has 1 aromatic rings. The average Bonchev–Trinajstić information content (AvgIpc) is 2.76. The maximum Gasteiger partial charge on any atom is 0.273 e. The van der Waals surface area contributed by atoms with Crippen LogP contribution in [0.1, 0.15) is 24.3 Å². The third-order valence-corrected chi connectivity index (χ3v) is 3.53. The standard InChI is InChI=1S/C11H16N4O2S.2ClH/c1-7-5-12-3-4-15(7)10(17)9-6-18-11(14-9)13-8(2)16;;/h6-7,12H,3-5H2,1-2H3,(H,13,14,16);2*1H. The lowest BCUT2D eigenvalue weighted by atomic mass is 10.2. The van der Waals surface area contributed by atoms with E-state index in [9.17, 15) is 9.59 Å². The minimum atomic E-state index is -0.182. The van der Waals surface area contributed by atoms with Crippen molar-refractivity contribution in [2.24, 2.45) is 0 Å². The topological polar surface area (TPSA) is 74.3 Å². The van der Waals surface area contributed by atoms with Gasteiger partial charge in [-0.05, 0) is 6.92 Å². The van der Waals surface area contributed by atoms with Gasteiger partial charge in [-0.3, -0.25) is 9.59 Å². The van der Waals surface area contributed by atoms with Crippen molar-refractivity contribution in [1.29, 1.82) is 0 Å². The second kappa shape index (κ2) is 8.41. The highest BCUT2D eigenvalue weighted by molar-refractivity contribution is 7.14. The maximum absolute atomic E-state index is 12.2. The number of piperazine rings is 1. The number of carbonyl (C=O) groups excluding carboxylic acids is 2. The van der Waals surface area contributed by atoms with Crippen molar-refractivity contribution in [2.75, 3.05) is 25.0 Å². The van der Waals surface area contributed by atoms with Crippen molar-refractivity contribution in [3.05, 3.63) is 11.1 Å². The van der Waals surface area contributed by atoms with Gasteiger partial charge in [0.2, 0.25) is 5.91 Å². The molecule has 1 unspecified atom stereocenters. The summed E-state index contributed by atoms with van der Waals surface area (Å²) in [6.07, 6.45) is 0. The molecule has 1 fully saturated rings. The molecule has 1 saturated heterocycles. The van der Waals surface area contributed by atoms with Gasteiger partial charge >= 0.3 is 0 Å². The summed E-state index contributed by atoms with van der Waals surface area (Å²) in [4.78, 5) is 29.1. The van der Waals surface area contributed by atoms with E-state index < -0.39 is 0 Å². The van der Waals surface area contributed by atoms with Gasteiger partial charge in [0.15, 0.2) is 5.13 Å². The van der Waals surface area contributed by atoms with E-state index in [1.165, 1.54) is 18.3 Å². The third-order valence-electron chi connectivity index (χ3n) is 2.77. The summed E-state index contributed by atoms with van der Waals surface area (Å²) >= 11 is 1.27. The summed E-state index contributed by atoms with van der Waals surface area (Å²) in [5.41, 5.74) is 0.400. The van der Waals surface area contributed by atoms with Crippen LogP contribution in [0.4, 0.5) is 5.13 Å². The molecule has 0 aromatic carbocycles. The Hall–Kier alpha value is -0.890. The highest BCUT2D eigenvalue weighted by atomic mass is 35.5. The molecule has 20 heavy (non-hydrogen) atoms. The van der Waals surface area contributed by atoms with Gasteiger partial charge in [0.05, 0.1) is 0 Å². The van der Waals surface area contributed by atoms with Crippen LogP contribution in [-0.4, -0.2) is 47.4 Å². The number of amides is 2. The largest absolute Gasteiger partial charge is 0.332 e. The number of hydrogen-bond acceptors (Lipinski definition) is 5. The van der Waals surface area contributed by atoms with Crippen LogP contribution in [0.15, 0.2) is 5.38 Å². The summed E-state index contributed by atoms with van der Waals surface area (Å²) in [6.45, 7) is 5.71. The summed E-state index contributed by atoms with van der Waals surface area (Å²) in [7, 11) is 0. The molecule has 0 saturated carbocycles. The number of halogens is 2. The predicted octanol–water partition coefficient (Wildman–Crippen LogP) is 1.38. The Labute approximate surface area is 134 Å². The fraction of sp³-hybridized carbons (Fsp3) is 0.545. The number of nitrogens with zero attached hydrogens (tertiary/aromatic N) is 2. The highest BCUT2D eigenvalue weighted by Gasteiger charge is 2.25. The highest BCUT2D eigenvalue weighted by Crippen LogP contribution is 2.18. The fourth-order valence-electron chi connectivity index (χ4n) is 1.87. The zero-order chi connectivity index (χ0) is 13.1. The van der Waals surface area contributed by atoms with E-state index in [4.69, 9.17) is 0 Å². The van der Waals surface area contributed by atoms with E-state index in [0.717, 1.165) is 13.1 Å². The van der Waals surface area contributed by atoms with Crippen LogP contribution in [0.5, 0.6) is 0 Å². The van der Waals surface area contributed by atoms with Gasteiger partial charge < -0.3 is 15.5 Å². The Balaban J connectivity index is 0.00000180. The first-order valence-corrected chi connectivity index (χ1v) is 6.70. The lowest BCUT2D eigenvalue weighted by Gasteiger charge is -2.33. The van der Waals surface area contributed by atoms with E-state index in [0.29, 0.717) is 17.4 Å². The van der Waals surface area contributed by atoms with Crippen LogP contribution >= 0.6 is 36.2 Å². The predicted molar refractivity (Wildman–Crippen MR) is 84.3 cm³/mol. The molecule has 0 radical (unpaired) electrons. The average molecular weight is 341 g/mol. The summed E-state index contributed by atoms with van der Waals surface area (Å²) < 4.78 is 0. The van der Waals surface area contributed by atoms with E-state index in [-0.39, 0.29) is 42.7 Å². The smallest absolute Gasteiger partial charge is 0.273 e. The van der Waals surface area contributed by atoms with Crippen molar-refractivity contribution in [3.63, 3.8) is 0 Å². The Bertz CT molecular complexity index is 469. The van der Waals surface area contributed by atoms with Crippen LogP contribution in [-0.2, 0) is 4.79 Å². The van der Waals surface area contributed by atoms with Gasteiger partial charge in [-0.25, -0.2) is 4.98 Å². The number of anilines is 1. The van der Waals surface area contributed by atoms with Gasteiger partial charge in [0, 0.05) is 38.0 Å². The maximum atomic E-state index is 12.2. The molecule has 0 spiro atoms. The Kier molecular flexibility index (Phi) is 8.03. The van der Waals surface area contributed by atoms with Gasteiger partial charge in [-0.15, -0.1) is 36.2 Å². The second-order valence-electron chi connectivity index (χ2n) is 4.27. The molecule has 1 aromatic heterocycles. The van der Waals surface area contributed by atoms with Crippen molar-refractivity contribution in [1.82, 2.24) is 15.2 Å². The monoisotopic (exact) mass is 340 g/mol. The number of carbonyl (C=O) groups is 2. The Morgan fingerprint density at radius 2 is 2.20 bits per heavy atom. The summed E-state index contributed by atoms with van der Waals surface area (Å²) in [6, 6.07) is 0.164. The van der Waals surface area contributed by atoms with E-state index in [1.54, 1.807) is 5.38 Å². The Morgan fingerprint density at radius 3 is 2.80 bits per heavy atom. The van der Waals surface area contributed by atoms with Crippen LogP contribution in [0.25, 0.3) is 0 Å². The minimum absolute atomic E-state index is 0. The van der Waals surface area contributed by atoms with Gasteiger partial charge in [0.1, 0.15) is 5.69 Å². The molecule has 0 aliphatic carbocycles. The molecule has 1 atom stereocenters. The molecule has 9 heteroatoms. The summed E-state index contributed by atoms with van der Waals surface area (Å²) in [5, 5.41) is 7.96. The number of hydrogen-bond donors (Lipinski definition) is 2. The molecule has 2 N–H and O–H groups in total. The molecule has 2 amide bonds. The third kappa shape index (κ3) is 4.59. The number of rotatable bonds is 2. The summed E-state index contributed by atoms with van der Waals surface area (Å²) in [5.74, 6) is -0.254. The van der Waals surface area contributed by atoms with E-state index in [2.05, 4.69) is 15.6 Å². The first kappa shape index (κ1) is 19.1. The van der Waals surface area contributed by atoms with Crippen molar-refractivity contribution in [3.8, 4) is 0 Å². The molecule has 2 rings (SSSR count). The zero-order valence-electron chi connectivity index (χ0n) is 11.2. The minimum Gasteiger partial charge on any atom is -0.332 e. The first-order chi connectivity index (χ1) is 8.58.